The Balaban J connectivity index is 1.78. The predicted octanol–water partition coefficient (Wildman–Crippen LogP) is 3.64. The lowest BCUT2D eigenvalue weighted by Crippen LogP contribution is -2.32. The summed E-state index contributed by atoms with van der Waals surface area (Å²) in [5.41, 5.74) is 2.67. The van der Waals surface area contributed by atoms with Gasteiger partial charge < -0.3 is 4.74 Å². The molecule has 1 aromatic heterocycles. The first-order valence-corrected chi connectivity index (χ1v) is 8.19. The minimum Gasteiger partial charge on any atom is -0.497 e. The second-order valence-corrected chi connectivity index (χ2v) is 5.96. The van der Waals surface area contributed by atoms with Gasteiger partial charge in [-0.15, -0.1) is 0 Å². The monoisotopic (exact) mass is 299 g/mol. The first kappa shape index (κ1) is 15.1. The van der Waals surface area contributed by atoms with Crippen molar-refractivity contribution in [1.82, 2.24) is 14.7 Å². The van der Waals surface area contributed by atoms with Crippen LogP contribution in [0, 0.1) is 0 Å². The zero-order valence-corrected chi connectivity index (χ0v) is 13.5. The van der Waals surface area contributed by atoms with Gasteiger partial charge in [-0.2, -0.15) is 5.10 Å². The minimum absolute atomic E-state index is 0.480. The molecule has 4 nitrogen and oxygen atoms in total. The van der Waals surface area contributed by atoms with Gasteiger partial charge in [-0.25, -0.2) is 0 Å². The molecule has 0 bridgehead atoms. The Morgan fingerprint density at radius 1 is 1.32 bits per heavy atom. The lowest BCUT2D eigenvalue weighted by atomic mass is 9.94. The highest BCUT2D eigenvalue weighted by Crippen LogP contribution is 2.33. The zero-order valence-electron chi connectivity index (χ0n) is 13.5. The van der Waals surface area contributed by atoms with Crippen LogP contribution in [0.1, 0.15) is 43.4 Å². The summed E-state index contributed by atoms with van der Waals surface area (Å²) < 4.78 is 7.39. The first-order valence-electron chi connectivity index (χ1n) is 8.19. The summed E-state index contributed by atoms with van der Waals surface area (Å²) in [5.74, 6) is 0.946. The van der Waals surface area contributed by atoms with Gasteiger partial charge in [-0.3, -0.25) is 9.58 Å². The number of hydrogen-bond acceptors (Lipinski definition) is 3. The molecular formula is C18H25N3O. The molecule has 0 saturated carbocycles. The van der Waals surface area contributed by atoms with Crippen molar-refractivity contribution < 1.29 is 4.74 Å². The second-order valence-electron chi connectivity index (χ2n) is 5.96. The van der Waals surface area contributed by atoms with Gasteiger partial charge in [0.15, 0.2) is 0 Å². The molecule has 0 amide bonds. The van der Waals surface area contributed by atoms with Crippen molar-refractivity contribution in [2.24, 2.45) is 0 Å². The van der Waals surface area contributed by atoms with E-state index >= 15 is 0 Å². The van der Waals surface area contributed by atoms with Crippen molar-refractivity contribution in [3.8, 4) is 5.75 Å². The van der Waals surface area contributed by atoms with Crippen LogP contribution in [-0.2, 0) is 13.1 Å². The summed E-state index contributed by atoms with van der Waals surface area (Å²) in [5, 5.41) is 4.40. The van der Waals surface area contributed by atoms with Gasteiger partial charge in [0.1, 0.15) is 5.75 Å². The van der Waals surface area contributed by atoms with Crippen LogP contribution in [0.5, 0.6) is 5.75 Å². The number of ether oxygens (including phenoxy) is 1. The Labute approximate surface area is 132 Å². The minimum atomic E-state index is 0.480. The van der Waals surface area contributed by atoms with Gasteiger partial charge in [0.05, 0.1) is 13.3 Å². The molecule has 0 radical (unpaired) electrons. The van der Waals surface area contributed by atoms with E-state index < -0.39 is 0 Å². The Kier molecular flexibility index (Phi) is 4.78. The standard InChI is InChI=1S/C18H25N3O/c1-3-21-14-15(12-19-21)13-20-10-5-4-9-18(20)16-7-6-8-17(11-16)22-2/h6-8,11-12,14,18H,3-5,9-10,13H2,1-2H3/t18-/m1/s1. The van der Waals surface area contributed by atoms with Crippen LogP contribution in [0.4, 0.5) is 0 Å². The Bertz CT molecular complexity index is 608. The number of rotatable bonds is 5. The molecule has 0 aliphatic carbocycles. The second kappa shape index (κ2) is 6.97. The lowest BCUT2D eigenvalue weighted by molar-refractivity contribution is 0.140. The molecule has 1 aliphatic rings. The molecule has 2 aromatic rings. The van der Waals surface area contributed by atoms with Crippen LogP contribution in [-0.4, -0.2) is 28.3 Å². The number of aryl methyl sites for hydroxylation is 1. The van der Waals surface area contributed by atoms with Crippen LogP contribution >= 0.6 is 0 Å². The van der Waals surface area contributed by atoms with E-state index in [-0.39, 0.29) is 0 Å². The van der Waals surface area contributed by atoms with Crippen molar-refractivity contribution in [2.75, 3.05) is 13.7 Å². The van der Waals surface area contributed by atoms with E-state index in [0.29, 0.717) is 6.04 Å². The Hall–Kier alpha value is -1.81. The number of nitrogens with zero attached hydrogens (tertiary/aromatic N) is 3. The van der Waals surface area contributed by atoms with E-state index in [1.807, 2.05) is 16.9 Å². The number of hydrogen-bond donors (Lipinski definition) is 0. The predicted molar refractivity (Wildman–Crippen MR) is 87.9 cm³/mol. The summed E-state index contributed by atoms with van der Waals surface area (Å²) in [4.78, 5) is 2.58. The Morgan fingerprint density at radius 3 is 3.00 bits per heavy atom. The summed E-state index contributed by atoms with van der Waals surface area (Å²) in [7, 11) is 1.73. The fourth-order valence-corrected chi connectivity index (χ4v) is 3.30. The highest BCUT2D eigenvalue weighted by atomic mass is 16.5. The fourth-order valence-electron chi connectivity index (χ4n) is 3.30. The maximum Gasteiger partial charge on any atom is 0.119 e. The van der Waals surface area contributed by atoms with Crippen molar-refractivity contribution in [2.45, 2.75) is 45.3 Å². The summed E-state index contributed by atoms with van der Waals surface area (Å²) in [6.07, 6.45) is 7.96. The first-order chi connectivity index (χ1) is 10.8. The number of aromatic nitrogens is 2. The number of piperidine rings is 1. The molecule has 3 rings (SSSR count). The molecule has 0 N–H and O–H groups in total. The molecule has 1 aliphatic heterocycles. The van der Waals surface area contributed by atoms with Gasteiger partial charge in [-0.1, -0.05) is 18.6 Å². The topological polar surface area (TPSA) is 30.3 Å². The van der Waals surface area contributed by atoms with Crippen LogP contribution in [0.25, 0.3) is 0 Å². The van der Waals surface area contributed by atoms with Gasteiger partial charge >= 0.3 is 0 Å². The average molecular weight is 299 g/mol. The van der Waals surface area contributed by atoms with E-state index in [0.717, 1.165) is 25.4 Å². The highest BCUT2D eigenvalue weighted by molar-refractivity contribution is 5.31. The summed E-state index contributed by atoms with van der Waals surface area (Å²) in [6.45, 7) is 5.18. The summed E-state index contributed by atoms with van der Waals surface area (Å²) in [6, 6.07) is 8.99. The fraction of sp³-hybridized carbons (Fsp3) is 0.500. The molecule has 0 spiro atoms. The zero-order chi connectivity index (χ0) is 15.4. The largest absolute Gasteiger partial charge is 0.497 e. The molecule has 22 heavy (non-hydrogen) atoms. The molecule has 1 aromatic carbocycles. The molecule has 2 heterocycles. The third-order valence-corrected chi connectivity index (χ3v) is 4.49. The molecule has 0 unspecified atom stereocenters. The van der Waals surface area contributed by atoms with Crippen molar-refractivity contribution >= 4 is 0 Å². The maximum atomic E-state index is 5.39. The highest BCUT2D eigenvalue weighted by Gasteiger charge is 2.24. The van der Waals surface area contributed by atoms with E-state index in [1.54, 1.807) is 7.11 Å². The number of methoxy groups -OCH3 is 1. The number of benzene rings is 1. The van der Waals surface area contributed by atoms with E-state index in [9.17, 15) is 0 Å². The molecule has 1 atom stereocenters. The molecule has 4 heteroatoms. The SMILES string of the molecule is CCn1cc(CN2CCCC[C@@H]2c2cccc(OC)c2)cn1. The maximum absolute atomic E-state index is 5.39. The molecule has 1 saturated heterocycles. The van der Waals surface area contributed by atoms with Crippen LogP contribution < -0.4 is 4.74 Å². The van der Waals surface area contributed by atoms with Crippen molar-refractivity contribution in [3.05, 3.63) is 47.8 Å². The third kappa shape index (κ3) is 3.33. The van der Waals surface area contributed by atoms with E-state index in [1.165, 1.54) is 30.4 Å². The third-order valence-electron chi connectivity index (χ3n) is 4.49. The van der Waals surface area contributed by atoms with Crippen molar-refractivity contribution in [3.63, 3.8) is 0 Å². The number of likely N-dealkylation sites (tertiary alicyclic amines) is 1. The molecule has 1 fully saturated rings. The van der Waals surface area contributed by atoms with Crippen molar-refractivity contribution in [1.29, 1.82) is 0 Å². The average Bonchev–Trinajstić information content (AvgIpc) is 3.03. The van der Waals surface area contributed by atoms with Gasteiger partial charge in [0, 0.05) is 30.9 Å². The van der Waals surface area contributed by atoms with Crippen LogP contribution in [0.2, 0.25) is 0 Å². The van der Waals surface area contributed by atoms with Gasteiger partial charge in [-0.05, 0) is 44.0 Å². The molecular weight excluding hydrogens is 274 g/mol. The lowest BCUT2D eigenvalue weighted by Gasteiger charge is -2.36. The van der Waals surface area contributed by atoms with Crippen LogP contribution in [0.15, 0.2) is 36.7 Å². The smallest absolute Gasteiger partial charge is 0.119 e. The van der Waals surface area contributed by atoms with E-state index in [4.69, 9.17) is 4.74 Å². The van der Waals surface area contributed by atoms with Gasteiger partial charge in [0.2, 0.25) is 0 Å². The summed E-state index contributed by atoms with van der Waals surface area (Å²) >= 11 is 0. The quantitative estimate of drug-likeness (QED) is 0.844. The molecule has 118 valence electrons. The van der Waals surface area contributed by atoms with Crippen LogP contribution in [0.3, 0.4) is 0 Å². The van der Waals surface area contributed by atoms with Gasteiger partial charge in [0.25, 0.3) is 0 Å². The normalized spacial score (nSPS) is 19.3. The Morgan fingerprint density at radius 2 is 2.23 bits per heavy atom. The van der Waals surface area contributed by atoms with E-state index in [2.05, 4.69) is 41.3 Å².